The van der Waals surface area contributed by atoms with Gasteiger partial charge in [-0.2, -0.15) is 5.26 Å². The van der Waals surface area contributed by atoms with Crippen LogP contribution in [0.5, 0.6) is 0 Å². The molecule has 1 unspecified atom stereocenters. The van der Waals surface area contributed by atoms with E-state index in [0.717, 1.165) is 11.1 Å². The van der Waals surface area contributed by atoms with Crippen molar-refractivity contribution in [3.63, 3.8) is 0 Å². The third kappa shape index (κ3) is 2.45. The molecule has 0 bridgehead atoms. The number of aliphatic hydroxyl groups is 1. The fraction of sp³-hybridized carbons (Fsp3) is 0.250. The van der Waals surface area contributed by atoms with Crippen LogP contribution < -0.4 is 0 Å². The first-order chi connectivity index (χ1) is 6.65. The molecule has 0 radical (unpaired) electrons. The second-order valence-electron chi connectivity index (χ2n) is 3.27. The predicted octanol–water partition coefficient (Wildman–Crippen LogP) is 2.36. The Balaban J connectivity index is 2.97. The number of allylic oxidation sites excluding steroid dienone is 1. The maximum absolute atomic E-state index is 9.48. The van der Waals surface area contributed by atoms with Crippen molar-refractivity contribution in [2.24, 2.45) is 0 Å². The smallest absolute Gasteiger partial charge is 0.0944 e. The van der Waals surface area contributed by atoms with Crippen LogP contribution in [0.2, 0.25) is 0 Å². The maximum atomic E-state index is 9.48. The van der Waals surface area contributed by atoms with E-state index in [-0.39, 0.29) is 0 Å². The van der Waals surface area contributed by atoms with Gasteiger partial charge >= 0.3 is 0 Å². The first kappa shape index (κ1) is 10.5. The van der Waals surface area contributed by atoms with Crippen molar-refractivity contribution in [3.8, 4) is 6.07 Å². The zero-order chi connectivity index (χ0) is 10.6. The molecule has 14 heavy (non-hydrogen) atoms. The fourth-order valence-corrected chi connectivity index (χ4v) is 1.37. The summed E-state index contributed by atoms with van der Waals surface area (Å²) >= 11 is 0. The topological polar surface area (TPSA) is 44.0 Å². The van der Waals surface area contributed by atoms with Gasteiger partial charge in [0.05, 0.1) is 12.2 Å². The van der Waals surface area contributed by atoms with E-state index < -0.39 is 6.10 Å². The minimum Gasteiger partial charge on any atom is -0.389 e. The SMILES string of the molecule is C=C(C#N)Cc1ccccc1C(C)O. The van der Waals surface area contributed by atoms with Crippen LogP contribution in [-0.2, 0) is 6.42 Å². The van der Waals surface area contributed by atoms with E-state index in [2.05, 4.69) is 6.58 Å². The van der Waals surface area contributed by atoms with Crippen molar-refractivity contribution in [2.75, 3.05) is 0 Å². The minimum absolute atomic E-state index is 0.502. The zero-order valence-corrected chi connectivity index (χ0v) is 8.20. The van der Waals surface area contributed by atoms with Crippen molar-refractivity contribution < 1.29 is 5.11 Å². The lowest BCUT2D eigenvalue weighted by atomic mass is 9.98. The van der Waals surface area contributed by atoms with E-state index >= 15 is 0 Å². The van der Waals surface area contributed by atoms with Gasteiger partial charge in [0.2, 0.25) is 0 Å². The van der Waals surface area contributed by atoms with Crippen LogP contribution in [0.3, 0.4) is 0 Å². The summed E-state index contributed by atoms with van der Waals surface area (Å²) in [5, 5.41) is 18.1. The highest BCUT2D eigenvalue weighted by molar-refractivity contribution is 5.34. The second-order valence-corrected chi connectivity index (χ2v) is 3.27. The molecule has 1 aromatic carbocycles. The maximum Gasteiger partial charge on any atom is 0.0944 e. The molecule has 1 aromatic rings. The zero-order valence-electron chi connectivity index (χ0n) is 8.20. The van der Waals surface area contributed by atoms with Gasteiger partial charge in [-0.15, -0.1) is 0 Å². The van der Waals surface area contributed by atoms with Gasteiger partial charge in [-0.05, 0) is 18.1 Å². The summed E-state index contributed by atoms with van der Waals surface area (Å²) in [4.78, 5) is 0. The first-order valence-electron chi connectivity index (χ1n) is 4.49. The van der Waals surface area contributed by atoms with Gasteiger partial charge in [0.25, 0.3) is 0 Å². The lowest BCUT2D eigenvalue weighted by Crippen LogP contribution is -1.98. The highest BCUT2D eigenvalue weighted by Crippen LogP contribution is 2.19. The molecule has 2 heteroatoms. The van der Waals surface area contributed by atoms with E-state index in [9.17, 15) is 5.11 Å². The summed E-state index contributed by atoms with van der Waals surface area (Å²) < 4.78 is 0. The number of nitrogens with zero attached hydrogens (tertiary/aromatic N) is 1. The largest absolute Gasteiger partial charge is 0.389 e. The number of aliphatic hydroxyl groups excluding tert-OH is 1. The van der Waals surface area contributed by atoms with E-state index in [0.29, 0.717) is 12.0 Å². The summed E-state index contributed by atoms with van der Waals surface area (Å²) in [7, 11) is 0. The number of nitriles is 1. The van der Waals surface area contributed by atoms with Crippen LogP contribution in [0.4, 0.5) is 0 Å². The highest BCUT2D eigenvalue weighted by atomic mass is 16.3. The molecule has 1 N–H and O–H groups in total. The number of benzene rings is 1. The van der Waals surface area contributed by atoms with Gasteiger partial charge in [0.1, 0.15) is 0 Å². The number of hydrogen-bond donors (Lipinski definition) is 1. The van der Waals surface area contributed by atoms with Crippen LogP contribution in [0.15, 0.2) is 36.4 Å². The Bertz CT molecular complexity index is 374. The third-order valence-corrected chi connectivity index (χ3v) is 2.07. The van der Waals surface area contributed by atoms with Crippen molar-refractivity contribution in [3.05, 3.63) is 47.5 Å². The molecule has 0 spiro atoms. The number of rotatable bonds is 3. The van der Waals surface area contributed by atoms with Gasteiger partial charge in [-0.3, -0.25) is 0 Å². The molecule has 0 aliphatic rings. The average Bonchev–Trinajstić information content (AvgIpc) is 2.18. The first-order valence-corrected chi connectivity index (χ1v) is 4.49. The minimum atomic E-state index is -0.502. The average molecular weight is 187 g/mol. The van der Waals surface area contributed by atoms with E-state index in [1.165, 1.54) is 0 Å². The molecular formula is C12H13NO. The van der Waals surface area contributed by atoms with Crippen LogP contribution in [0.1, 0.15) is 24.2 Å². The molecular weight excluding hydrogens is 174 g/mol. The summed E-state index contributed by atoms with van der Waals surface area (Å²) in [6, 6.07) is 9.55. The molecule has 2 nitrogen and oxygen atoms in total. The molecule has 0 aliphatic heterocycles. The molecule has 0 saturated carbocycles. The monoisotopic (exact) mass is 187 g/mol. The molecule has 1 atom stereocenters. The Labute approximate surface area is 84.1 Å². The Morgan fingerprint density at radius 1 is 1.57 bits per heavy atom. The van der Waals surface area contributed by atoms with Gasteiger partial charge in [-0.25, -0.2) is 0 Å². The van der Waals surface area contributed by atoms with Crippen LogP contribution in [0, 0.1) is 11.3 Å². The molecule has 0 fully saturated rings. The predicted molar refractivity (Wildman–Crippen MR) is 55.5 cm³/mol. The summed E-state index contributed by atoms with van der Waals surface area (Å²) in [5.41, 5.74) is 2.34. The molecule has 0 aromatic heterocycles. The molecule has 0 aliphatic carbocycles. The third-order valence-electron chi connectivity index (χ3n) is 2.07. The lowest BCUT2D eigenvalue weighted by molar-refractivity contribution is 0.198. The Hall–Kier alpha value is -1.59. The van der Waals surface area contributed by atoms with Crippen molar-refractivity contribution in [1.29, 1.82) is 5.26 Å². The van der Waals surface area contributed by atoms with Crippen molar-refractivity contribution in [1.82, 2.24) is 0 Å². The quantitative estimate of drug-likeness (QED) is 0.738. The molecule has 1 rings (SSSR count). The van der Waals surface area contributed by atoms with Gasteiger partial charge in [0, 0.05) is 12.0 Å². The molecule has 0 heterocycles. The highest BCUT2D eigenvalue weighted by Gasteiger charge is 2.07. The Kier molecular flexibility index (Phi) is 3.44. The van der Waals surface area contributed by atoms with Crippen LogP contribution in [0.25, 0.3) is 0 Å². The van der Waals surface area contributed by atoms with E-state index in [4.69, 9.17) is 5.26 Å². The van der Waals surface area contributed by atoms with Gasteiger partial charge in [-0.1, -0.05) is 30.8 Å². The van der Waals surface area contributed by atoms with Crippen molar-refractivity contribution >= 4 is 0 Å². The summed E-state index contributed by atoms with van der Waals surface area (Å²) in [6.45, 7) is 5.34. The molecule has 72 valence electrons. The Morgan fingerprint density at radius 2 is 2.21 bits per heavy atom. The molecule has 0 amide bonds. The van der Waals surface area contributed by atoms with Gasteiger partial charge in [0.15, 0.2) is 0 Å². The standard InChI is InChI=1S/C12H13NO/c1-9(8-13)7-11-5-3-4-6-12(11)10(2)14/h3-6,10,14H,1,7H2,2H3. The number of hydrogen-bond acceptors (Lipinski definition) is 2. The lowest BCUT2D eigenvalue weighted by Gasteiger charge is -2.10. The van der Waals surface area contributed by atoms with Crippen molar-refractivity contribution in [2.45, 2.75) is 19.4 Å². The van der Waals surface area contributed by atoms with Crippen LogP contribution in [-0.4, -0.2) is 5.11 Å². The second kappa shape index (κ2) is 4.59. The Morgan fingerprint density at radius 3 is 2.79 bits per heavy atom. The van der Waals surface area contributed by atoms with E-state index in [1.54, 1.807) is 6.92 Å². The van der Waals surface area contributed by atoms with Gasteiger partial charge < -0.3 is 5.11 Å². The molecule has 0 saturated heterocycles. The van der Waals surface area contributed by atoms with E-state index in [1.807, 2.05) is 30.3 Å². The summed E-state index contributed by atoms with van der Waals surface area (Å²) in [5.74, 6) is 0. The fourth-order valence-electron chi connectivity index (χ4n) is 1.37. The summed E-state index contributed by atoms with van der Waals surface area (Å²) in [6.07, 6.45) is 0.00935. The normalized spacial score (nSPS) is 11.8. The van der Waals surface area contributed by atoms with Crippen LogP contribution >= 0.6 is 0 Å².